The van der Waals surface area contributed by atoms with Crippen LogP contribution in [0.5, 0.6) is 0 Å². The normalized spacial score (nSPS) is 12.3. The van der Waals surface area contributed by atoms with Crippen LogP contribution in [0.4, 0.5) is 13.2 Å². The van der Waals surface area contributed by atoms with E-state index in [4.69, 9.17) is 0 Å². The van der Waals surface area contributed by atoms with Crippen LogP contribution < -0.4 is 0 Å². The predicted molar refractivity (Wildman–Crippen MR) is 95.8 cm³/mol. The Balaban J connectivity index is 2.28. The number of rotatable bonds is 4. The average Bonchev–Trinajstić information content (AvgIpc) is 3.02. The molecule has 12 heteroatoms. The minimum absolute atomic E-state index is 0.00438. The number of sulfone groups is 1. The summed E-state index contributed by atoms with van der Waals surface area (Å²) in [5.41, 5.74) is -0.786. The number of esters is 1. The van der Waals surface area contributed by atoms with Gasteiger partial charge in [-0.2, -0.15) is 13.2 Å². The van der Waals surface area contributed by atoms with Gasteiger partial charge in [-0.15, -0.1) is 0 Å². The van der Waals surface area contributed by atoms with Gasteiger partial charge in [-0.1, -0.05) is 6.92 Å². The first-order chi connectivity index (χ1) is 13.5. The summed E-state index contributed by atoms with van der Waals surface area (Å²) in [6.07, 6.45) is -2.95. The molecule has 154 valence electrons. The van der Waals surface area contributed by atoms with Gasteiger partial charge in [-0.05, 0) is 12.1 Å². The van der Waals surface area contributed by atoms with Crippen LogP contribution in [0, 0.1) is 0 Å². The third kappa shape index (κ3) is 3.67. The molecular weight excluding hydrogens is 413 g/mol. The first kappa shape index (κ1) is 20.7. The molecule has 0 bridgehead atoms. The lowest BCUT2D eigenvalue weighted by Crippen LogP contribution is -2.13. The summed E-state index contributed by atoms with van der Waals surface area (Å²) < 4.78 is 70.2. The molecule has 0 aliphatic heterocycles. The molecule has 0 unspecified atom stereocenters. The highest BCUT2D eigenvalue weighted by Crippen LogP contribution is 2.34. The molecular formula is C17H15F3N4O4S. The molecule has 3 aromatic rings. The molecule has 0 N–H and O–H groups in total. The highest BCUT2D eigenvalue weighted by atomic mass is 32.2. The fourth-order valence-electron chi connectivity index (χ4n) is 2.68. The third-order valence-corrected chi connectivity index (χ3v) is 5.98. The molecule has 3 rings (SSSR count). The number of hydrogen-bond acceptors (Lipinski definition) is 7. The average molecular weight is 428 g/mol. The lowest BCUT2D eigenvalue weighted by Gasteiger charge is -2.12. The predicted octanol–water partition coefficient (Wildman–Crippen LogP) is 2.63. The Hall–Kier alpha value is -3.02. The summed E-state index contributed by atoms with van der Waals surface area (Å²) in [5.74, 6) is -1.07. The van der Waals surface area contributed by atoms with E-state index in [-0.39, 0.29) is 28.2 Å². The van der Waals surface area contributed by atoms with E-state index in [0.29, 0.717) is 12.3 Å². The smallest absolute Gasteiger partial charge is 0.417 e. The number of fused-ring (bicyclic) bond motifs is 1. The second-order valence-electron chi connectivity index (χ2n) is 6.02. The van der Waals surface area contributed by atoms with Crippen LogP contribution in [-0.4, -0.2) is 46.8 Å². The van der Waals surface area contributed by atoms with Gasteiger partial charge >= 0.3 is 12.1 Å². The van der Waals surface area contributed by atoms with Crippen molar-refractivity contribution in [1.29, 1.82) is 0 Å². The van der Waals surface area contributed by atoms with E-state index >= 15 is 0 Å². The summed E-state index contributed by atoms with van der Waals surface area (Å²) >= 11 is 0. The molecule has 8 nitrogen and oxygen atoms in total. The van der Waals surface area contributed by atoms with Crippen molar-refractivity contribution >= 4 is 27.0 Å². The van der Waals surface area contributed by atoms with Crippen LogP contribution in [0.15, 0.2) is 29.4 Å². The maximum atomic E-state index is 13.1. The molecule has 0 aliphatic rings. The lowest BCUT2D eigenvalue weighted by atomic mass is 10.2. The van der Waals surface area contributed by atoms with E-state index in [1.165, 1.54) is 37.9 Å². The Kier molecular flexibility index (Phi) is 5.07. The van der Waals surface area contributed by atoms with Crippen LogP contribution >= 0.6 is 0 Å². The first-order valence-corrected chi connectivity index (χ1v) is 9.86. The van der Waals surface area contributed by atoms with Crippen molar-refractivity contribution in [2.75, 3.05) is 12.9 Å². The van der Waals surface area contributed by atoms with Crippen molar-refractivity contribution < 1.29 is 31.1 Å². The van der Waals surface area contributed by atoms with Gasteiger partial charge in [0.2, 0.25) is 0 Å². The monoisotopic (exact) mass is 428 g/mol. The molecule has 0 aromatic carbocycles. The van der Waals surface area contributed by atoms with E-state index in [2.05, 4.69) is 19.7 Å². The zero-order valence-electron chi connectivity index (χ0n) is 15.5. The molecule has 0 aliphatic carbocycles. The van der Waals surface area contributed by atoms with E-state index < -0.39 is 38.2 Å². The zero-order valence-corrected chi connectivity index (χ0v) is 16.3. The zero-order chi connectivity index (χ0) is 21.6. The van der Waals surface area contributed by atoms with Gasteiger partial charge in [0.15, 0.2) is 21.3 Å². The molecule has 3 aromatic heterocycles. The van der Waals surface area contributed by atoms with Gasteiger partial charge in [-0.3, -0.25) is 4.98 Å². The Morgan fingerprint density at radius 3 is 2.48 bits per heavy atom. The van der Waals surface area contributed by atoms with Gasteiger partial charge in [0.1, 0.15) is 11.2 Å². The molecule has 29 heavy (non-hydrogen) atoms. The van der Waals surface area contributed by atoms with E-state index in [1.54, 1.807) is 0 Å². The third-order valence-electron chi connectivity index (χ3n) is 4.24. The molecule has 0 atom stereocenters. The van der Waals surface area contributed by atoms with Crippen LogP contribution in [0.25, 0.3) is 22.7 Å². The summed E-state index contributed by atoms with van der Waals surface area (Å²) in [6.45, 7) is 1.32. The number of nitrogens with zero attached hydrogens (tertiary/aromatic N) is 4. The van der Waals surface area contributed by atoms with E-state index in [0.717, 1.165) is 0 Å². The van der Waals surface area contributed by atoms with Gasteiger partial charge in [0.05, 0.1) is 28.9 Å². The number of imidazole rings is 1. The summed E-state index contributed by atoms with van der Waals surface area (Å²) in [4.78, 5) is 23.2. The number of hydrogen-bond donors (Lipinski definition) is 0. The number of aryl methyl sites for hydroxylation is 1. The summed E-state index contributed by atoms with van der Waals surface area (Å²) in [5, 5.41) is 0. The molecule has 0 fully saturated rings. The number of ether oxygens (including phenoxy) is 1. The van der Waals surface area contributed by atoms with Crippen LogP contribution in [0.1, 0.15) is 22.8 Å². The summed E-state index contributed by atoms with van der Waals surface area (Å²) in [7, 11) is -1.34. The first-order valence-electron chi connectivity index (χ1n) is 8.20. The Morgan fingerprint density at radius 1 is 1.21 bits per heavy atom. The number of methoxy groups -OCH3 is 1. The van der Waals surface area contributed by atoms with E-state index in [9.17, 15) is 26.4 Å². The van der Waals surface area contributed by atoms with Crippen molar-refractivity contribution in [2.24, 2.45) is 7.05 Å². The number of pyridine rings is 2. The van der Waals surface area contributed by atoms with Crippen LogP contribution in [-0.2, 0) is 27.8 Å². The Bertz CT molecular complexity index is 1220. The second kappa shape index (κ2) is 7.10. The minimum atomic E-state index is -4.76. The number of halogens is 3. The Morgan fingerprint density at radius 2 is 1.90 bits per heavy atom. The molecule has 0 amide bonds. The molecule has 3 heterocycles. The SMILES string of the molecule is CCS(=O)(=O)c1cc(C(F)(F)F)cnc1-c1nc2cc(C(=O)OC)cnc2n1C. The van der Waals surface area contributed by atoms with Crippen molar-refractivity contribution in [2.45, 2.75) is 18.0 Å². The number of aromatic nitrogens is 4. The fourth-order valence-corrected chi connectivity index (χ4v) is 3.73. The van der Waals surface area contributed by atoms with Crippen LogP contribution in [0.2, 0.25) is 0 Å². The van der Waals surface area contributed by atoms with Crippen LogP contribution in [0.3, 0.4) is 0 Å². The van der Waals surface area contributed by atoms with Gasteiger partial charge in [-0.25, -0.2) is 23.2 Å². The minimum Gasteiger partial charge on any atom is -0.465 e. The standard InChI is InChI=1S/C17H15F3N4O4S/c1-4-29(26,27)12-6-10(17(18,19)20)8-21-13(12)15-23-11-5-9(16(25)28-3)7-22-14(11)24(15)2/h5-8H,4H2,1-3H3. The van der Waals surface area contributed by atoms with Crippen molar-refractivity contribution in [1.82, 2.24) is 19.5 Å². The highest BCUT2D eigenvalue weighted by Gasteiger charge is 2.34. The van der Waals surface area contributed by atoms with Gasteiger partial charge in [0.25, 0.3) is 0 Å². The lowest BCUT2D eigenvalue weighted by molar-refractivity contribution is -0.138. The molecule has 0 spiro atoms. The second-order valence-corrected chi connectivity index (χ2v) is 8.27. The molecule has 0 saturated heterocycles. The Labute approximate surface area is 163 Å². The topological polar surface area (TPSA) is 104 Å². The van der Waals surface area contributed by atoms with Gasteiger partial charge < -0.3 is 9.30 Å². The quantitative estimate of drug-likeness (QED) is 0.589. The van der Waals surface area contributed by atoms with Crippen molar-refractivity contribution in [3.05, 3.63) is 35.7 Å². The van der Waals surface area contributed by atoms with Crippen molar-refractivity contribution in [3.63, 3.8) is 0 Å². The van der Waals surface area contributed by atoms with Crippen molar-refractivity contribution in [3.8, 4) is 11.5 Å². The maximum Gasteiger partial charge on any atom is 0.417 e. The summed E-state index contributed by atoms with van der Waals surface area (Å²) in [6, 6.07) is 1.93. The fraction of sp³-hybridized carbons (Fsp3) is 0.294. The highest BCUT2D eigenvalue weighted by molar-refractivity contribution is 7.91. The van der Waals surface area contributed by atoms with Gasteiger partial charge in [0, 0.05) is 19.4 Å². The number of carbonyl (C=O) groups excluding carboxylic acids is 1. The largest absolute Gasteiger partial charge is 0.465 e. The number of carbonyl (C=O) groups is 1. The van der Waals surface area contributed by atoms with E-state index in [1.807, 2.05) is 0 Å². The maximum absolute atomic E-state index is 13.1. The molecule has 0 saturated carbocycles. The molecule has 0 radical (unpaired) electrons. The number of alkyl halides is 3.